The van der Waals surface area contributed by atoms with Gasteiger partial charge in [0.15, 0.2) is 11.5 Å². The summed E-state index contributed by atoms with van der Waals surface area (Å²) < 4.78 is 24.7. The number of aromatic nitrogens is 1. The molecule has 4 nitrogen and oxygen atoms in total. The van der Waals surface area contributed by atoms with Crippen molar-refractivity contribution >= 4 is 10.9 Å². The summed E-state index contributed by atoms with van der Waals surface area (Å²) >= 11 is 0. The summed E-state index contributed by atoms with van der Waals surface area (Å²) in [5.74, 6) is 1.53. The lowest BCUT2D eigenvalue weighted by atomic mass is 9.85. The number of halogens is 1. The third kappa shape index (κ3) is 1.90. The van der Waals surface area contributed by atoms with E-state index < -0.39 is 0 Å². The Morgan fingerprint density at radius 3 is 2.92 bits per heavy atom. The predicted molar refractivity (Wildman–Crippen MR) is 91.4 cm³/mol. The molecule has 1 N–H and O–H groups in total. The van der Waals surface area contributed by atoms with Crippen molar-refractivity contribution in [3.05, 3.63) is 58.5 Å². The van der Waals surface area contributed by atoms with Crippen LogP contribution in [0.1, 0.15) is 28.4 Å². The molecule has 6 rings (SSSR count). The fraction of sp³-hybridized carbons (Fsp3) is 0.300. The SMILES string of the molecule is Fc1ccc2c3c([nH]c2c1)CN1CCc2cc4c(cc2[C@H]1C3)OCO4. The number of nitrogens with zero attached hydrogens (tertiary/aromatic N) is 1. The molecule has 0 radical (unpaired) electrons. The molecule has 3 aliphatic heterocycles. The second kappa shape index (κ2) is 4.76. The van der Waals surface area contributed by atoms with Crippen LogP contribution in [-0.4, -0.2) is 23.2 Å². The van der Waals surface area contributed by atoms with Crippen molar-refractivity contribution in [3.8, 4) is 11.5 Å². The second-order valence-electron chi connectivity index (χ2n) is 7.12. The molecule has 3 aliphatic rings. The van der Waals surface area contributed by atoms with Gasteiger partial charge in [-0.25, -0.2) is 4.39 Å². The maximum absolute atomic E-state index is 13.6. The first-order valence-electron chi connectivity index (χ1n) is 8.72. The van der Waals surface area contributed by atoms with Crippen LogP contribution in [0.2, 0.25) is 0 Å². The zero-order valence-electron chi connectivity index (χ0n) is 13.6. The molecule has 0 bridgehead atoms. The third-order valence-electron chi connectivity index (χ3n) is 5.82. The van der Waals surface area contributed by atoms with Gasteiger partial charge in [0.2, 0.25) is 6.79 Å². The molecule has 0 amide bonds. The molecule has 0 fully saturated rings. The largest absolute Gasteiger partial charge is 0.454 e. The highest BCUT2D eigenvalue weighted by atomic mass is 19.1. The summed E-state index contributed by atoms with van der Waals surface area (Å²) in [4.78, 5) is 5.94. The zero-order valence-corrected chi connectivity index (χ0v) is 13.6. The van der Waals surface area contributed by atoms with Crippen LogP contribution in [0.3, 0.4) is 0 Å². The topological polar surface area (TPSA) is 37.5 Å². The van der Waals surface area contributed by atoms with Gasteiger partial charge in [0, 0.05) is 35.7 Å². The van der Waals surface area contributed by atoms with Crippen LogP contribution in [0.4, 0.5) is 4.39 Å². The van der Waals surface area contributed by atoms with Crippen LogP contribution in [0.25, 0.3) is 10.9 Å². The van der Waals surface area contributed by atoms with Crippen LogP contribution in [0, 0.1) is 5.82 Å². The van der Waals surface area contributed by atoms with Gasteiger partial charge in [-0.05, 0) is 59.9 Å². The lowest BCUT2D eigenvalue weighted by Gasteiger charge is -2.40. The van der Waals surface area contributed by atoms with E-state index in [-0.39, 0.29) is 5.82 Å². The first-order valence-corrected chi connectivity index (χ1v) is 8.72. The van der Waals surface area contributed by atoms with Crippen LogP contribution in [0.5, 0.6) is 11.5 Å². The summed E-state index contributed by atoms with van der Waals surface area (Å²) in [5, 5.41) is 1.14. The number of hydrogen-bond acceptors (Lipinski definition) is 3. The number of nitrogens with one attached hydrogen (secondary N) is 1. The summed E-state index contributed by atoms with van der Waals surface area (Å²) in [6.07, 6.45) is 1.96. The van der Waals surface area contributed by atoms with Crippen LogP contribution < -0.4 is 9.47 Å². The average molecular weight is 336 g/mol. The lowest BCUT2D eigenvalue weighted by Crippen LogP contribution is -2.39. The van der Waals surface area contributed by atoms with Gasteiger partial charge in [0.05, 0.1) is 0 Å². The molecular formula is C20H17FN2O2. The monoisotopic (exact) mass is 336 g/mol. The third-order valence-corrected chi connectivity index (χ3v) is 5.82. The average Bonchev–Trinajstić information content (AvgIpc) is 3.20. The Morgan fingerprint density at radius 1 is 1.12 bits per heavy atom. The minimum atomic E-state index is -0.193. The van der Waals surface area contributed by atoms with Crippen LogP contribution in [0.15, 0.2) is 30.3 Å². The van der Waals surface area contributed by atoms with Gasteiger partial charge in [0.1, 0.15) is 5.82 Å². The molecular weight excluding hydrogens is 319 g/mol. The fourth-order valence-electron chi connectivity index (χ4n) is 4.62. The van der Waals surface area contributed by atoms with Crippen molar-refractivity contribution in [2.24, 2.45) is 0 Å². The van der Waals surface area contributed by atoms with Crippen LogP contribution in [-0.2, 0) is 19.4 Å². The first kappa shape index (κ1) is 13.7. The van der Waals surface area contributed by atoms with E-state index >= 15 is 0 Å². The van der Waals surface area contributed by atoms with Crippen molar-refractivity contribution in [1.29, 1.82) is 0 Å². The Hall–Kier alpha value is -2.53. The number of ether oxygens (including phenoxy) is 2. The van der Waals surface area contributed by atoms with E-state index in [4.69, 9.17) is 9.47 Å². The van der Waals surface area contributed by atoms with Gasteiger partial charge in [-0.1, -0.05) is 0 Å². The van der Waals surface area contributed by atoms with E-state index in [1.54, 1.807) is 12.1 Å². The first-order chi connectivity index (χ1) is 12.3. The molecule has 0 aliphatic carbocycles. The van der Waals surface area contributed by atoms with E-state index in [9.17, 15) is 4.39 Å². The molecule has 5 heteroatoms. The van der Waals surface area contributed by atoms with Gasteiger partial charge in [-0.3, -0.25) is 4.90 Å². The Balaban J connectivity index is 1.48. The summed E-state index contributed by atoms with van der Waals surface area (Å²) in [6, 6.07) is 9.70. The highest BCUT2D eigenvalue weighted by molar-refractivity contribution is 5.85. The normalized spacial score (nSPS) is 21.1. The van der Waals surface area contributed by atoms with Gasteiger partial charge in [-0.15, -0.1) is 0 Å². The van der Waals surface area contributed by atoms with Gasteiger partial charge < -0.3 is 14.5 Å². The van der Waals surface area contributed by atoms with E-state index in [0.29, 0.717) is 12.8 Å². The Labute approximate surface area is 144 Å². The number of rotatable bonds is 0. The van der Waals surface area contributed by atoms with Crippen molar-refractivity contribution in [2.75, 3.05) is 13.3 Å². The standard InChI is InChI=1S/C20H17FN2O2/c21-12-1-2-13-15-7-18-14-8-20-19(24-10-25-20)5-11(14)3-4-23(18)9-17(15)22-16(13)6-12/h1-2,5-6,8,18,22H,3-4,7,9-10H2/t18-/m1/s1. The van der Waals surface area contributed by atoms with E-state index in [2.05, 4.69) is 22.0 Å². The highest BCUT2D eigenvalue weighted by Gasteiger charge is 2.35. The smallest absolute Gasteiger partial charge is 0.231 e. The Kier molecular flexibility index (Phi) is 2.61. The minimum absolute atomic E-state index is 0.193. The molecule has 4 heterocycles. The molecule has 0 spiro atoms. The minimum Gasteiger partial charge on any atom is -0.454 e. The van der Waals surface area contributed by atoms with Gasteiger partial charge >= 0.3 is 0 Å². The predicted octanol–water partition coefficient (Wildman–Crippen LogP) is 3.69. The van der Waals surface area contributed by atoms with Crippen molar-refractivity contribution < 1.29 is 13.9 Å². The van der Waals surface area contributed by atoms with Crippen molar-refractivity contribution in [2.45, 2.75) is 25.4 Å². The summed E-state index contributed by atoms with van der Waals surface area (Å²) in [5.41, 5.74) is 6.15. The van der Waals surface area contributed by atoms with Crippen molar-refractivity contribution in [1.82, 2.24) is 9.88 Å². The van der Waals surface area contributed by atoms with E-state index in [1.807, 2.05) is 6.07 Å². The highest BCUT2D eigenvalue weighted by Crippen LogP contribution is 2.44. The molecule has 0 saturated carbocycles. The number of benzene rings is 2. The molecule has 2 aromatic carbocycles. The molecule has 1 aromatic heterocycles. The number of fused-ring (bicyclic) bond motifs is 7. The quantitative estimate of drug-likeness (QED) is 0.680. The summed E-state index contributed by atoms with van der Waals surface area (Å²) in [7, 11) is 0. The molecule has 1 atom stereocenters. The Bertz CT molecular complexity index is 1030. The Morgan fingerprint density at radius 2 is 2.00 bits per heavy atom. The number of aromatic amines is 1. The van der Waals surface area contributed by atoms with Gasteiger partial charge in [-0.2, -0.15) is 0 Å². The molecule has 126 valence electrons. The fourth-order valence-corrected chi connectivity index (χ4v) is 4.62. The zero-order chi connectivity index (χ0) is 16.5. The van der Waals surface area contributed by atoms with E-state index in [1.165, 1.54) is 22.4 Å². The molecule has 25 heavy (non-hydrogen) atoms. The number of H-pyrrole nitrogens is 1. The van der Waals surface area contributed by atoms with E-state index in [0.717, 1.165) is 48.3 Å². The number of hydrogen-bond donors (Lipinski definition) is 1. The molecule has 0 unspecified atom stereocenters. The molecule has 0 saturated heterocycles. The molecule has 3 aromatic rings. The van der Waals surface area contributed by atoms with Gasteiger partial charge in [0.25, 0.3) is 0 Å². The second-order valence-corrected chi connectivity index (χ2v) is 7.12. The lowest BCUT2D eigenvalue weighted by molar-refractivity contribution is 0.159. The maximum Gasteiger partial charge on any atom is 0.231 e. The van der Waals surface area contributed by atoms with Crippen molar-refractivity contribution in [3.63, 3.8) is 0 Å². The maximum atomic E-state index is 13.6. The van der Waals surface area contributed by atoms with Crippen LogP contribution >= 0.6 is 0 Å². The summed E-state index contributed by atoms with van der Waals surface area (Å²) in [6.45, 7) is 2.22.